The molecule has 2 aromatic carbocycles. The number of piperidine rings is 1. The number of likely N-dealkylation sites (tertiary alicyclic amines) is 1. The predicted octanol–water partition coefficient (Wildman–Crippen LogP) is 5.81. The zero-order valence-corrected chi connectivity index (χ0v) is 18.0. The lowest BCUT2D eigenvalue weighted by Gasteiger charge is -2.31. The van der Waals surface area contributed by atoms with Gasteiger partial charge in [0, 0.05) is 37.2 Å². The molecule has 0 bridgehead atoms. The number of nitrogen functional groups attached to an aromatic ring is 1. The highest BCUT2D eigenvalue weighted by Gasteiger charge is 2.35. The highest BCUT2D eigenvalue weighted by atomic mass is 19.3. The van der Waals surface area contributed by atoms with Crippen LogP contribution in [-0.4, -0.2) is 29.8 Å². The molecule has 0 radical (unpaired) electrons. The zero-order chi connectivity index (χ0) is 22.7. The van der Waals surface area contributed by atoms with Gasteiger partial charge in [0.1, 0.15) is 0 Å². The van der Waals surface area contributed by atoms with Crippen LogP contribution in [0.3, 0.4) is 0 Å². The Bertz CT molecular complexity index is 850. The third-order valence-corrected chi connectivity index (χ3v) is 4.37. The Balaban J connectivity index is 0.00000106. The van der Waals surface area contributed by atoms with Crippen molar-refractivity contribution in [1.29, 1.82) is 5.26 Å². The average molecular weight is 417 g/mol. The number of halogens is 2. The summed E-state index contributed by atoms with van der Waals surface area (Å²) < 4.78 is 26.5. The molecule has 3 rings (SSSR count). The van der Waals surface area contributed by atoms with Crippen molar-refractivity contribution < 1.29 is 13.6 Å². The molecule has 1 fully saturated rings. The minimum Gasteiger partial charge on any atom is -0.397 e. The normalized spacial score (nSPS) is 14.2. The van der Waals surface area contributed by atoms with Crippen LogP contribution in [0, 0.1) is 11.3 Å². The van der Waals surface area contributed by atoms with Gasteiger partial charge in [-0.05, 0) is 42.5 Å². The lowest BCUT2D eigenvalue weighted by molar-refractivity contribution is -0.0494. The van der Waals surface area contributed by atoms with Gasteiger partial charge in [-0.3, -0.25) is 4.79 Å². The fraction of sp³-hybridized carbons (Fsp3) is 0.391. The molecule has 0 spiro atoms. The Morgan fingerprint density at radius 2 is 1.63 bits per heavy atom. The molecule has 0 unspecified atom stereocenters. The first kappa shape index (κ1) is 24.9. The van der Waals surface area contributed by atoms with Gasteiger partial charge in [-0.2, -0.15) is 5.26 Å². The molecule has 162 valence electrons. The summed E-state index contributed by atoms with van der Waals surface area (Å²) in [4.78, 5) is 13.9. The molecule has 1 saturated heterocycles. The molecule has 1 amide bonds. The molecule has 3 N–H and O–H groups in total. The molecule has 1 heterocycles. The maximum Gasteiger partial charge on any atom is 0.253 e. The third kappa shape index (κ3) is 6.73. The van der Waals surface area contributed by atoms with Gasteiger partial charge >= 0.3 is 0 Å². The number of anilines is 3. The summed E-state index contributed by atoms with van der Waals surface area (Å²) in [6, 6.07) is 13.8. The summed E-state index contributed by atoms with van der Waals surface area (Å²) in [5.41, 5.74) is 8.71. The number of benzene rings is 2. The van der Waals surface area contributed by atoms with Crippen molar-refractivity contribution in [2.45, 2.75) is 46.5 Å². The summed E-state index contributed by atoms with van der Waals surface area (Å²) in [6.45, 7) is 8.08. The van der Waals surface area contributed by atoms with Crippen LogP contribution in [0.5, 0.6) is 0 Å². The van der Waals surface area contributed by atoms with Gasteiger partial charge in [0.2, 0.25) is 0 Å². The van der Waals surface area contributed by atoms with Crippen molar-refractivity contribution in [2.24, 2.45) is 0 Å². The molecule has 0 atom stereocenters. The van der Waals surface area contributed by atoms with E-state index in [1.807, 2.05) is 33.8 Å². The Labute approximate surface area is 177 Å². The van der Waals surface area contributed by atoms with E-state index in [0.717, 1.165) is 5.69 Å². The first-order valence-electron chi connectivity index (χ1n) is 10.2. The second kappa shape index (κ2) is 11.8. The van der Waals surface area contributed by atoms with E-state index in [9.17, 15) is 13.6 Å². The minimum absolute atomic E-state index is 0.0387. The summed E-state index contributed by atoms with van der Waals surface area (Å²) in [7, 11) is 0. The number of hydrogen-bond acceptors (Lipinski definition) is 4. The van der Waals surface area contributed by atoms with E-state index < -0.39 is 5.92 Å². The number of rotatable bonds is 3. The van der Waals surface area contributed by atoms with Crippen LogP contribution in [0.2, 0.25) is 0 Å². The van der Waals surface area contributed by atoms with Crippen LogP contribution in [0.4, 0.5) is 25.8 Å². The number of nitrogens with two attached hydrogens (primary N) is 1. The molecular weight excluding hydrogens is 386 g/mol. The smallest absolute Gasteiger partial charge is 0.253 e. The second-order valence-electron chi connectivity index (χ2n) is 6.26. The maximum atomic E-state index is 13.2. The number of hydrogen-bond donors (Lipinski definition) is 2. The number of carbonyl (C=O) groups excluding carboxylic acids is 1. The molecule has 1 aliphatic rings. The van der Waals surface area contributed by atoms with Crippen LogP contribution < -0.4 is 11.1 Å². The Hall–Kier alpha value is -3.14. The number of nitrogens with one attached hydrogen (secondary N) is 1. The van der Waals surface area contributed by atoms with Gasteiger partial charge in [0.25, 0.3) is 11.8 Å². The van der Waals surface area contributed by atoms with Crippen LogP contribution in [-0.2, 0) is 0 Å². The number of carbonyl (C=O) groups is 1. The summed E-state index contributed by atoms with van der Waals surface area (Å²) in [6.07, 6.45) is -0.626. The van der Waals surface area contributed by atoms with E-state index in [0.29, 0.717) is 22.5 Å². The SMILES string of the molecule is CC.CC.N#Cc1ccc(Nc2ccc(C(=O)N3CCC(F)(F)CC3)cc2N)cc1. The lowest BCUT2D eigenvalue weighted by atomic mass is 10.0. The van der Waals surface area contributed by atoms with Crippen molar-refractivity contribution in [1.82, 2.24) is 4.90 Å². The van der Waals surface area contributed by atoms with Crippen LogP contribution in [0.1, 0.15) is 56.5 Å². The van der Waals surface area contributed by atoms with Crippen LogP contribution in [0.15, 0.2) is 42.5 Å². The first-order chi connectivity index (χ1) is 14.4. The van der Waals surface area contributed by atoms with E-state index in [4.69, 9.17) is 11.0 Å². The zero-order valence-electron chi connectivity index (χ0n) is 18.0. The fourth-order valence-corrected chi connectivity index (χ4v) is 2.81. The van der Waals surface area contributed by atoms with Crippen LogP contribution >= 0.6 is 0 Å². The molecule has 1 aliphatic heterocycles. The predicted molar refractivity (Wildman–Crippen MR) is 118 cm³/mol. The summed E-state index contributed by atoms with van der Waals surface area (Å²) in [5.74, 6) is -2.98. The van der Waals surface area contributed by atoms with E-state index in [1.165, 1.54) is 4.90 Å². The molecule has 0 aliphatic carbocycles. The Kier molecular flexibility index (Phi) is 9.76. The molecule has 7 heteroatoms. The topological polar surface area (TPSA) is 82.2 Å². The summed E-state index contributed by atoms with van der Waals surface area (Å²) in [5, 5.41) is 11.9. The molecule has 0 saturated carbocycles. The summed E-state index contributed by atoms with van der Waals surface area (Å²) >= 11 is 0. The van der Waals surface area contributed by atoms with Gasteiger partial charge in [0.05, 0.1) is 23.0 Å². The number of nitrogens with zero attached hydrogens (tertiary/aromatic N) is 2. The number of nitriles is 1. The molecule has 5 nitrogen and oxygen atoms in total. The number of amides is 1. The van der Waals surface area contributed by atoms with Crippen molar-refractivity contribution in [3.63, 3.8) is 0 Å². The van der Waals surface area contributed by atoms with Crippen molar-refractivity contribution in [3.05, 3.63) is 53.6 Å². The Morgan fingerprint density at radius 1 is 1.07 bits per heavy atom. The van der Waals surface area contributed by atoms with Gasteiger partial charge in [-0.15, -0.1) is 0 Å². The largest absolute Gasteiger partial charge is 0.397 e. The molecular formula is C23H30F2N4O. The quantitative estimate of drug-likeness (QED) is 0.619. The van der Waals surface area contributed by atoms with Crippen molar-refractivity contribution in [3.8, 4) is 6.07 Å². The molecule has 2 aromatic rings. The van der Waals surface area contributed by atoms with Gasteiger partial charge in [0.15, 0.2) is 0 Å². The van der Waals surface area contributed by atoms with E-state index in [2.05, 4.69) is 5.32 Å². The molecule has 30 heavy (non-hydrogen) atoms. The minimum atomic E-state index is -2.69. The first-order valence-corrected chi connectivity index (χ1v) is 10.2. The number of alkyl halides is 2. The van der Waals surface area contributed by atoms with Crippen LogP contribution in [0.25, 0.3) is 0 Å². The highest BCUT2D eigenvalue weighted by molar-refractivity contribution is 5.96. The van der Waals surface area contributed by atoms with Gasteiger partial charge < -0.3 is 16.0 Å². The van der Waals surface area contributed by atoms with E-state index in [-0.39, 0.29) is 31.8 Å². The monoisotopic (exact) mass is 416 g/mol. The van der Waals surface area contributed by atoms with E-state index in [1.54, 1.807) is 42.5 Å². The lowest BCUT2D eigenvalue weighted by Crippen LogP contribution is -2.42. The van der Waals surface area contributed by atoms with Gasteiger partial charge in [-0.25, -0.2) is 8.78 Å². The molecule has 0 aromatic heterocycles. The Morgan fingerprint density at radius 3 is 2.13 bits per heavy atom. The van der Waals surface area contributed by atoms with Crippen molar-refractivity contribution >= 4 is 23.0 Å². The van der Waals surface area contributed by atoms with Gasteiger partial charge in [-0.1, -0.05) is 27.7 Å². The van der Waals surface area contributed by atoms with Crippen molar-refractivity contribution in [2.75, 3.05) is 24.1 Å². The fourth-order valence-electron chi connectivity index (χ4n) is 2.81. The maximum absolute atomic E-state index is 13.2. The third-order valence-electron chi connectivity index (χ3n) is 4.37. The standard InChI is InChI=1S/C19H18F2N4O.2C2H6/c20-19(21)7-9-25(10-8-19)18(26)14-3-6-17(16(23)11-14)24-15-4-1-13(12-22)2-5-15;2*1-2/h1-6,11,24H,7-10,23H2;2*1-2H3. The average Bonchev–Trinajstić information content (AvgIpc) is 2.78. The second-order valence-corrected chi connectivity index (χ2v) is 6.26. The highest BCUT2D eigenvalue weighted by Crippen LogP contribution is 2.29. The van der Waals surface area contributed by atoms with E-state index >= 15 is 0 Å².